The highest BCUT2D eigenvalue weighted by molar-refractivity contribution is 14.0. The summed E-state index contributed by atoms with van der Waals surface area (Å²) in [5, 5.41) is 6.99. The monoisotopic (exact) mass is 350 g/mol. The predicted molar refractivity (Wildman–Crippen MR) is 81.1 cm³/mol. The number of guanidine groups is 1. The van der Waals surface area contributed by atoms with Crippen molar-refractivity contribution in [2.24, 2.45) is 4.99 Å². The van der Waals surface area contributed by atoms with Gasteiger partial charge >= 0.3 is 0 Å². The maximum Gasteiger partial charge on any atom is 0.191 e. The fraction of sp³-hybridized carbons (Fsp3) is 0.917. The highest BCUT2D eigenvalue weighted by atomic mass is 127. The van der Waals surface area contributed by atoms with E-state index in [2.05, 4.69) is 20.5 Å². The molecular formula is C12H23IN4. The second kappa shape index (κ2) is 5.73. The molecular weight excluding hydrogens is 327 g/mol. The quantitative estimate of drug-likeness (QED) is 0.456. The predicted octanol–water partition coefficient (Wildman–Crippen LogP) is 1.17. The molecule has 0 radical (unpaired) electrons. The van der Waals surface area contributed by atoms with Crippen molar-refractivity contribution in [3.8, 4) is 0 Å². The van der Waals surface area contributed by atoms with Gasteiger partial charge in [-0.1, -0.05) is 0 Å². The van der Waals surface area contributed by atoms with Gasteiger partial charge in [-0.3, -0.25) is 9.89 Å². The maximum atomic E-state index is 4.29. The van der Waals surface area contributed by atoms with Crippen LogP contribution in [-0.4, -0.2) is 49.1 Å². The van der Waals surface area contributed by atoms with E-state index in [0.717, 1.165) is 12.0 Å². The molecule has 4 nitrogen and oxygen atoms in total. The molecule has 1 aliphatic heterocycles. The highest BCUT2D eigenvalue weighted by Crippen LogP contribution is 2.29. The van der Waals surface area contributed by atoms with Crippen molar-refractivity contribution in [2.75, 3.05) is 20.1 Å². The number of aliphatic imine (C=N–C) groups is 1. The van der Waals surface area contributed by atoms with E-state index in [1.165, 1.54) is 45.2 Å². The topological polar surface area (TPSA) is 39.7 Å². The van der Waals surface area contributed by atoms with Crippen LogP contribution in [-0.2, 0) is 0 Å². The van der Waals surface area contributed by atoms with Crippen LogP contribution in [0.25, 0.3) is 0 Å². The van der Waals surface area contributed by atoms with Crippen molar-refractivity contribution < 1.29 is 0 Å². The second-order valence-electron chi connectivity index (χ2n) is 5.35. The Labute approximate surface area is 121 Å². The third kappa shape index (κ3) is 3.71. The van der Waals surface area contributed by atoms with Crippen molar-refractivity contribution in [1.29, 1.82) is 0 Å². The Morgan fingerprint density at radius 3 is 2.35 bits per heavy atom. The molecule has 2 saturated carbocycles. The van der Waals surface area contributed by atoms with Gasteiger partial charge in [-0.25, -0.2) is 0 Å². The van der Waals surface area contributed by atoms with Crippen LogP contribution in [0.3, 0.4) is 0 Å². The van der Waals surface area contributed by atoms with Crippen molar-refractivity contribution in [2.45, 2.75) is 50.2 Å². The first-order valence-corrected chi connectivity index (χ1v) is 6.59. The van der Waals surface area contributed by atoms with Crippen LogP contribution >= 0.6 is 24.0 Å². The van der Waals surface area contributed by atoms with E-state index in [1.54, 1.807) is 0 Å². The molecule has 0 amide bonds. The van der Waals surface area contributed by atoms with Crippen molar-refractivity contribution in [1.82, 2.24) is 15.5 Å². The van der Waals surface area contributed by atoms with Gasteiger partial charge in [0.15, 0.2) is 5.96 Å². The summed E-state index contributed by atoms with van der Waals surface area (Å²) in [6.07, 6.45) is 6.71. The van der Waals surface area contributed by atoms with E-state index in [9.17, 15) is 0 Å². The Morgan fingerprint density at radius 1 is 1.06 bits per heavy atom. The minimum Gasteiger partial charge on any atom is -0.354 e. The average molecular weight is 350 g/mol. The van der Waals surface area contributed by atoms with E-state index >= 15 is 0 Å². The van der Waals surface area contributed by atoms with Crippen molar-refractivity contribution >= 4 is 29.9 Å². The number of nitrogens with zero attached hydrogens (tertiary/aromatic N) is 2. The summed E-state index contributed by atoms with van der Waals surface area (Å²) in [6, 6.07) is 2.20. The fourth-order valence-electron chi connectivity index (χ4n) is 2.46. The highest BCUT2D eigenvalue weighted by Gasteiger charge is 2.34. The lowest BCUT2D eigenvalue weighted by atomic mass is 10.3. The molecule has 0 aromatic rings. The Morgan fingerprint density at radius 2 is 1.76 bits per heavy atom. The summed E-state index contributed by atoms with van der Waals surface area (Å²) >= 11 is 0. The third-order valence-electron chi connectivity index (χ3n) is 3.77. The van der Waals surface area contributed by atoms with Crippen LogP contribution in [0.15, 0.2) is 4.99 Å². The molecule has 3 rings (SSSR count). The number of hydrogen-bond acceptors (Lipinski definition) is 2. The lowest BCUT2D eigenvalue weighted by molar-refractivity contribution is 0.321. The van der Waals surface area contributed by atoms with Gasteiger partial charge in [-0.05, 0) is 32.1 Å². The molecule has 5 heteroatoms. The third-order valence-corrected chi connectivity index (χ3v) is 3.77. The molecule has 0 spiro atoms. The minimum absolute atomic E-state index is 0. The average Bonchev–Trinajstić information content (AvgIpc) is 3.19. The SMILES string of the molecule is CN=C(NC1CC1)NC1CCN(C2CC2)C1.I. The molecule has 1 saturated heterocycles. The Balaban J connectivity index is 0.00000108. The molecule has 1 heterocycles. The molecule has 0 aromatic heterocycles. The van der Waals surface area contributed by atoms with Gasteiger partial charge in [-0.15, -0.1) is 24.0 Å². The van der Waals surface area contributed by atoms with Crippen LogP contribution in [0.1, 0.15) is 32.1 Å². The molecule has 2 aliphatic carbocycles. The molecule has 3 fully saturated rings. The summed E-state index contributed by atoms with van der Waals surface area (Å²) in [5.41, 5.74) is 0. The largest absolute Gasteiger partial charge is 0.354 e. The standard InChI is InChI=1S/C12H22N4.HI/c1-13-12(14-9-2-3-9)15-10-6-7-16(8-10)11-4-5-11;/h9-11H,2-8H2,1H3,(H2,13,14,15);1H. The number of hydrogen-bond donors (Lipinski definition) is 2. The molecule has 3 aliphatic rings. The summed E-state index contributed by atoms with van der Waals surface area (Å²) in [6.45, 7) is 2.47. The number of nitrogens with one attached hydrogen (secondary N) is 2. The zero-order valence-electron chi connectivity index (χ0n) is 10.5. The molecule has 17 heavy (non-hydrogen) atoms. The lowest BCUT2D eigenvalue weighted by Gasteiger charge is -2.18. The molecule has 1 atom stereocenters. The first-order valence-electron chi connectivity index (χ1n) is 6.59. The van der Waals surface area contributed by atoms with Crippen LogP contribution < -0.4 is 10.6 Å². The number of rotatable bonds is 3. The van der Waals surface area contributed by atoms with E-state index in [1.807, 2.05) is 7.05 Å². The van der Waals surface area contributed by atoms with Crippen LogP contribution in [0.4, 0.5) is 0 Å². The van der Waals surface area contributed by atoms with Crippen LogP contribution in [0.5, 0.6) is 0 Å². The first-order chi connectivity index (χ1) is 7.85. The van der Waals surface area contributed by atoms with Gasteiger partial charge < -0.3 is 10.6 Å². The Bertz CT molecular complexity index is 286. The van der Waals surface area contributed by atoms with Crippen molar-refractivity contribution in [3.63, 3.8) is 0 Å². The number of halogens is 1. The normalized spacial score (nSPS) is 29.9. The van der Waals surface area contributed by atoms with Crippen LogP contribution in [0.2, 0.25) is 0 Å². The Hall–Kier alpha value is -0.0400. The first kappa shape index (κ1) is 13.4. The molecule has 98 valence electrons. The van der Waals surface area contributed by atoms with E-state index in [4.69, 9.17) is 0 Å². The van der Waals surface area contributed by atoms with E-state index < -0.39 is 0 Å². The fourth-order valence-corrected chi connectivity index (χ4v) is 2.46. The minimum atomic E-state index is 0. The van der Waals surface area contributed by atoms with Crippen molar-refractivity contribution in [3.05, 3.63) is 0 Å². The van der Waals surface area contributed by atoms with Gasteiger partial charge in [0.1, 0.15) is 0 Å². The van der Waals surface area contributed by atoms with E-state index in [-0.39, 0.29) is 24.0 Å². The Kier molecular flexibility index (Phi) is 4.52. The van der Waals surface area contributed by atoms with Gasteiger partial charge in [0.25, 0.3) is 0 Å². The summed E-state index contributed by atoms with van der Waals surface area (Å²) in [7, 11) is 1.87. The molecule has 2 N–H and O–H groups in total. The molecule has 0 bridgehead atoms. The smallest absolute Gasteiger partial charge is 0.191 e. The van der Waals surface area contributed by atoms with Crippen LogP contribution in [0, 0.1) is 0 Å². The molecule has 0 aromatic carbocycles. The summed E-state index contributed by atoms with van der Waals surface area (Å²) in [4.78, 5) is 6.92. The lowest BCUT2D eigenvalue weighted by Crippen LogP contribution is -2.45. The zero-order valence-corrected chi connectivity index (χ0v) is 12.8. The van der Waals surface area contributed by atoms with Gasteiger partial charge in [0.2, 0.25) is 0 Å². The zero-order chi connectivity index (χ0) is 11.0. The van der Waals surface area contributed by atoms with Gasteiger partial charge in [-0.2, -0.15) is 0 Å². The van der Waals surface area contributed by atoms with Gasteiger partial charge in [0, 0.05) is 38.3 Å². The van der Waals surface area contributed by atoms with E-state index in [0.29, 0.717) is 12.1 Å². The number of likely N-dealkylation sites (tertiary alicyclic amines) is 1. The van der Waals surface area contributed by atoms with Gasteiger partial charge in [0.05, 0.1) is 0 Å². The molecule has 1 unspecified atom stereocenters. The second-order valence-corrected chi connectivity index (χ2v) is 5.35. The summed E-state index contributed by atoms with van der Waals surface area (Å²) in [5.74, 6) is 1.00. The maximum absolute atomic E-state index is 4.29. The summed E-state index contributed by atoms with van der Waals surface area (Å²) < 4.78 is 0.